The van der Waals surface area contributed by atoms with Gasteiger partial charge in [-0.2, -0.15) is 13.2 Å². The van der Waals surface area contributed by atoms with Gasteiger partial charge in [0, 0.05) is 68.2 Å². The van der Waals surface area contributed by atoms with E-state index in [0.29, 0.717) is 43.2 Å². The second-order valence-corrected chi connectivity index (χ2v) is 12.8. The van der Waals surface area contributed by atoms with E-state index >= 15 is 0 Å². The van der Waals surface area contributed by atoms with Crippen molar-refractivity contribution in [2.24, 2.45) is 0 Å². The summed E-state index contributed by atoms with van der Waals surface area (Å²) in [5.41, 5.74) is 4.84. The molecule has 1 amide bonds. The fourth-order valence-corrected chi connectivity index (χ4v) is 7.01. The van der Waals surface area contributed by atoms with Gasteiger partial charge in [-0.1, -0.05) is 84.4 Å². The first kappa shape index (κ1) is 32.7. The van der Waals surface area contributed by atoms with Crippen LogP contribution in [0.25, 0.3) is 11.1 Å². The second kappa shape index (κ2) is 13.9. The van der Waals surface area contributed by atoms with Crippen molar-refractivity contribution in [3.8, 4) is 11.1 Å². The van der Waals surface area contributed by atoms with Gasteiger partial charge in [-0.15, -0.1) is 0 Å². The third kappa shape index (κ3) is 7.14. The van der Waals surface area contributed by atoms with Gasteiger partial charge >= 0.3 is 6.18 Å². The number of piperazine rings is 1. The van der Waals surface area contributed by atoms with Crippen molar-refractivity contribution in [1.82, 2.24) is 14.8 Å². The maximum absolute atomic E-state index is 13.8. The molecule has 0 unspecified atom stereocenters. The number of halogens is 4. The lowest BCUT2D eigenvalue weighted by Crippen LogP contribution is -2.49. The number of pyridine rings is 1. The number of carbonyl (C=O) groups excluding carboxylic acids is 1. The van der Waals surface area contributed by atoms with Crippen LogP contribution >= 0.6 is 11.6 Å². The number of hydrogen-bond donors (Lipinski definition) is 1. The molecule has 1 N–H and O–H groups in total. The lowest BCUT2D eigenvalue weighted by Gasteiger charge is -2.39. The van der Waals surface area contributed by atoms with Gasteiger partial charge in [0.2, 0.25) is 0 Å². The van der Waals surface area contributed by atoms with Gasteiger partial charge in [-0.3, -0.25) is 9.69 Å². The van der Waals surface area contributed by atoms with Crippen molar-refractivity contribution in [3.05, 3.63) is 148 Å². The summed E-state index contributed by atoms with van der Waals surface area (Å²) in [6, 6.07) is 34.1. The molecule has 2 aliphatic heterocycles. The number of nitrogens with one attached hydrogen (secondary N) is 1. The van der Waals surface area contributed by atoms with Gasteiger partial charge in [0.15, 0.2) is 0 Å². The Morgan fingerprint density at radius 3 is 2.08 bits per heavy atom. The van der Waals surface area contributed by atoms with E-state index in [1.807, 2.05) is 52.3 Å². The smallest absolute Gasteiger partial charge is 0.367 e. The molecule has 0 aliphatic carbocycles. The monoisotopic (exact) mass is 681 g/mol. The number of carbonyl (C=O) groups is 1. The topological polar surface area (TPSA) is 51.7 Å². The third-order valence-electron chi connectivity index (χ3n) is 9.28. The number of fused-ring (bicyclic) bond motifs is 1. The zero-order valence-electron chi connectivity index (χ0n) is 26.7. The number of alkyl halides is 3. The third-order valence-corrected chi connectivity index (χ3v) is 9.51. The molecule has 6 nitrogen and oxygen atoms in total. The molecule has 250 valence electrons. The van der Waals surface area contributed by atoms with Crippen LogP contribution in [0.2, 0.25) is 5.02 Å². The summed E-state index contributed by atoms with van der Waals surface area (Å²) < 4.78 is 41.4. The lowest BCUT2D eigenvalue weighted by atomic mass is 9.96. The Kier molecular flexibility index (Phi) is 9.29. The Hall–Kier alpha value is -4.86. The first-order valence-electron chi connectivity index (χ1n) is 16.3. The summed E-state index contributed by atoms with van der Waals surface area (Å²) in [4.78, 5) is 24.4. The number of anilines is 2. The van der Waals surface area contributed by atoms with Crippen molar-refractivity contribution < 1.29 is 18.0 Å². The Bertz CT molecular complexity index is 1870. The van der Waals surface area contributed by atoms with Crippen LogP contribution in [0.3, 0.4) is 0 Å². The molecular formula is C39H35ClF3N5O. The standard InChI is InChI=1S/C39H35ClF3N5O/c40-33-15-16-34(39(41,42)43)32(23-33)26-48-18-17-44-37-35(48)24-31(25-45-37)27-11-13-30(14-12-27)38(49)47-21-19-46(20-22-47)36(28-7-3-1-4-8-28)29-9-5-2-6-10-29/h1-16,23-25,36H,17-22,26H2,(H,44,45). The van der Waals surface area contributed by atoms with Crippen LogP contribution in [-0.4, -0.2) is 60.0 Å². The Balaban J connectivity index is 1.05. The SMILES string of the molecule is O=C(c1ccc(-c2cnc3c(c2)N(Cc2cc(Cl)ccc2C(F)(F)F)CCN3)cc1)N1CCN(C(c2ccccc2)c2ccccc2)CC1. The molecule has 7 rings (SSSR count). The van der Waals surface area contributed by atoms with Crippen molar-refractivity contribution >= 4 is 29.0 Å². The van der Waals surface area contributed by atoms with Crippen LogP contribution in [0.5, 0.6) is 0 Å². The number of nitrogens with zero attached hydrogens (tertiary/aromatic N) is 4. The molecule has 3 heterocycles. The van der Waals surface area contributed by atoms with Crippen molar-refractivity contribution in [2.75, 3.05) is 49.5 Å². The van der Waals surface area contributed by atoms with Gasteiger partial charge in [0.1, 0.15) is 5.82 Å². The van der Waals surface area contributed by atoms with E-state index in [0.717, 1.165) is 30.3 Å². The Morgan fingerprint density at radius 1 is 0.796 bits per heavy atom. The van der Waals surface area contributed by atoms with E-state index in [1.165, 1.54) is 23.3 Å². The zero-order valence-corrected chi connectivity index (χ0v) is 27.5. The molecule has 1 fully saturated rings. The fraction of sp³-hybridized carbons (Fsp3) is 0.231. The van der Waals surface area contributed by atoms with Crippen LogP contribution in [0, 0.1) is 0 Å². The minimum atomic E-state index is -4.49. The highest BCUT2D eigenvalue weighted by Crippen LogP contribution is 2.37. The molecule has 0 saturated carbocycles. The molecule has 1 saturated heterocycles. The van der Waals surface area contributed by atoms with Gasteiger partial charge in [0.25, 0.3) is 5.91 Å². The van der Waals surface area contributed by atoms with E-state index in [1.54, 1.807) is 6.20 Å². The van der Waals surface area contributed by atoms with E-state index < -0.39 is 11.7 Å². The van der Waals surface area contributed by atoms with Gasteiger partial charge in [0.05, 0.1) is 17.3 Å². The molecule has 5 aromatic rings. The summed E-state index contributed by atoms with van der Waals surface area (Å²) in [6.45, 7) is 3.83. The highest BCUT2D eigenvalue weighted by atomic mass is 35.5. The average molecular weight is 682 g/mol. The Labute approximate surface area is 288 Å². The van der Waals surface area contributed by atoms with Gasteiger partial charge in [-0.25, -0.2) is 4.98 Å². The van der Waals surface area contributed by atoms with E-state index in [4.69, 9.17) is 11.6 Å². The first-order chi connectivity index (χ1) is 23.7. The van der Waals surface area contributed by atoms with Crippen LogP contribution in [0.1, 0.15) is 38.7 Å². The summed E-state index contributed by atoms with van der Waals surface area (Å²) >= 11 is 6.10. The maximum atomic E-state index is 13.8. The minimum absolute atomic E-state index is 0.0110. The highest BCUT2D eigenvalue weighted by molar-refractivity contribution is 6.30. The molecule has 1 aromatic heterocycles. The number of hydrogen-bond acceptors (Lipinski definition) is 5. The number of rotatable bonds is 7. The van der Waals surface area contributed by atoms with Gasteiger partial charge < -0.3 is 15.1 Å². The van der Waals surface area contributed by atoms with E-state index in [9.17, 15) is 18.0 Å². The Morgan fingerprint density at radius 2 is 1.45 bits per heavy atom. The summed E-state index contributed by atoms with van der Waals surface area (Å²) in [5, 5.41) is 3.50. The number of amides is 1. The van der Waals surface area contributed by atoms with E-state index in [-0.39, 0.29) is 29.1 Å². The predicted octanol–water partition coefficient (Wildman–Crippen LogP) is 8.40. The van der Waals surface area contributed by atoms with Crippen LogP contribution in [0.15, 0.2) is 115 Å². The summed E-state index contributed by atoms with van der Waals surface area (Å²) in [7, 11) is 0. The largest absolute Gasteiger partial charge is 0.416 e. The molecule has 0 spiro atoms. The van der Waals surface area contributed by atoms with E-state index in [2.05, 4.69) is 63.7 Å². The van der Waals surface area contributed by atoms with Gasteiger partial charge in [-0.05, 0) is 58.7 Å². The van der Waals surface area contributed by atoms with Crippen LogP contribution in [-0.2, 0) is 12.7 Å². The normalized spacial score (nSPS) is 15.2. The first-order valence-corrected chi connectivity index (χ1v) is 16.7. The molecule has 0 radical (unpaired) electrons. The van der Waals surface area contributed by atoms with Crippen molar-refractivity contribution in [2.45, 2.75) is 18.8 Å². The second-order valence-electron chi connectivity index (χ2n) is 12.4. The quantitative estimate of drug-likeness (QED) is 0.187. The highest BCUT2D eigenvalue weighted by Gasteiger charge is 2.34. The summed E-state index contributed by atoms with van der Waals surface area (Å²) in [5.74, 6) is 0.599. The molecule has 49 heavy (non-hydrogen) atoms. The molecule has 10 heteroatoms. The number of aromatic nitrogens is 1. The van der Waals surface area contributed by atoms with Crippen molar-refractivity contribution in [3.63, 3.8) is 0 Å². The molecule has 0 atom stereocenters. The molecule has 4 aromatic carbocycles. The molecule has 2 aliphatic rings. The van der Waals surface area contributed by atoms with Crippen LogP contribution < -0.4 is 10.2 Å². The molecular weight excluding hydrogens is 647 g/mol. The van der Waals surface area contributed by atoms with Crippen molar-refractivity contribution in [1.29, 1.82) is 0 Å². The lowest BCUT2D eigenvalue weighted by molar-refractivity contribution is -0.138. The summed E-state index contributed by atoms with van der Waals surface area (Å²) in [6.07, 6.45) is -2.75. The van der Waals surface area contributed by atoms with Crippen LogP contribution in [0.4, 0.5) is 24.7 Å². The molecule has 0 bridgehead atoms. The number of benzene rings is 4. The average Bonchev–Trinajstić information content (AvgIpc) is 3.12. The fourth-order valence-electron chi connectivity index (χ4n) is 6.81. The zero-order chi connectivity index (χ0) is 34.0. The maximum Gasteiger partial charge on any atom is 0.416 e. The minimum Gasteiger partial charge on any atom is -0.367 e. The predicted molar refractivity (Wildman–Crippen MR) is 188 cm³/mol.